The summed E-state index contributed by atoms with van der Waals surface area (Å²) < 4.78 is 60.2. The van der Waals surface area contributed by atoms with E-state index in [0.29, 0.717) is 0 Å². The summed E-state index contributed by atoms with van der Waals surface area (Å²) in [6, 6.07) is 12.7. The van der Waals surface area contributed by atoms with Crippen LogP contribution in [0.2, 0.25) is 19.6 Å². The minimum atomic E-state index is -10.7. The third kappa shape index (κ3) is 19.0. The Balaban J connectivity index is 0.000000758. The van der Waals surface area contributed by atoms with Gasteiger partial charge in [-0.1, -0.05) is 50.0 Å². The number of rotatable bonds is 6. The van der Waals surface area contributed by atoms with E-state index in [9.17, 15) is 25.2 Å². The zero-order valence-electron chi connectivity index (χ0n) is 15.3. The third-order valence-electron chi connectivity index (χ3n) is 3.00. The van der Waals surface area contributed by atoms with E-state index in [1.165, 1.54) is 11.7 Å². The predicted octanol–water partition coefficient (Wildman–Crippen LogP) is 6.97. The first-order valence-corrected chi connectivity index (χ1v) is 13.5. The number of nitrogens with zero attached hydrogens (tertiary/aromatic N) is 2. The van der Waals surface area contributed by atoms with Gasteiger partial charge in [-0.15, -0.1) is 0 Å². The van der Waals surface area contributed by atoms with Crippen LogP contribution in [0.1, 0.15) is 5.56 Å². The summed E-state index contributed by atoms with van der Waals surface area (Å²) in [7, 11) is -9.51. The summed E-state index contributed by atoms with van der Waals surface area (Å²) in [5.74, 6) is 0. The van der Waals surface area contributed by atoms with Crippen LogP contribution in [0, 0.1) is 11.3 Å². The Hall–Kier alpha value is -1.36. The van der Waals surface area contributed by atoms with Crippen molar-refractivity contribution in [2.45, 2.75) is 26.2 Å². The van der Waals surface area contributed by atoms with E-state index in [1.54, 1.807) is 6.08 Å². The van der Waals surface area contributed by atoms with Crippen LogP contribution in [0.25, 0.3) is 0 Å². The van der Waals surface area contributed by atoms with Gasteiger partial charge < -0.3 is 4.48 Å². The fourth-order valence-electron chi connectivity index (χ4n) is 2.71. The van der Waals surface area contributed by atoms with Crippen molar-refractivity contribution in [2.75, 3.05) is 19.8 Å². The van der Waals surface area contributed by atoms with Crippen molar-refractivity contribution in [3.63, 3.8) is 0 Å². The molecule has 2 nitrogen and oxygen atoms in total. The Morgan fingerprint density at radius 3 is 1.88 bits per heavy atom. The molecule has 0 saturated carbocycles. The minimum absolute atomic E-state index is 0.923. The van der Waals surface area contributed by atoms with Crippen molar-refractivity contribution >= 4 is 15.9 Å². The molecular weight excluding hydrogens is 393 g/mol. The van der Waals surface area contributed by atoms with Crippen molar-refractivity contribution < 1.29 is 29.7 Å². The molecule has 26 heavy (non-hydrogen) atoms. The number of quaternary nitrogens is 1. The molecule has 0 aliphatic rings. The molecule has 0 spiro atoms. The number of hydrogen-bond donors (Lipinski definition) is 0. The first kappa shape index (κ1) is 24.6. The predicted molar refractivity (Wildman–Crippen MR) is 97.7 cm³/mol. The quantitative estimate of drug-likeness (QED) is 0.161. The van der Waals surface area contributed by atoms with E-state index in [1.807, 2.05) is 6.08 Å². The molecule has 0 saturated heterocycles. The average Bonchev–Trinajstić information content (AvgIpc) is 2.33. The number of allylic oxidation sites excluding steroid dienone is 1. The van der Waals surface area contributed by atoms with Gasteiger partial charge >= 0.3 is 33.0 Å². The van der Waals surface area contributed by atoms with Gasteiger partial charge in [-0.25, -0.2) is 0 Å². The Morgan fingerprint density at radius 2 is 1.50 bits per heavy atom. The molecule has 1 aromatic carbocycles. The van der Waals surface area contributed by atoms with Crippen molar-refractivity contribution in [3.05, 3.63) is 48.0 Å². The summed E-state index contributed by atoms with van der Waals surface area (Å²) in [6.45, 7) is 9.17. The fraction of sp³-hybridized carbons (Fsp3) is 0.438. The Kier molecular flexibility index (Phi) is 7.31. The molecule has 0 aliphatic heterocycles. The SMILES string of the molecule is C[N+](C/C=C/C#N)(Cc1ccccc1)C[Si](C)(C)C.F[P-](F)(F)(F)(F)F. The molecule has 0 heterocycles. The van der Waals surface area contributed by atoms with Gasteiger partial charge in [0.05, 0.1) is 25.8 Å². The van der Waals surface area contributed by atoms with Crippen LogP contribution in [-0.2, 0) is 6.54 Å². The second kappa shape index (κ2) is 7.71. The van der Waals surface area contributed by atoms with Crippen LogP contribution in [-0.4, -0.2) is 32.3 Å². The zero-order valence-corrected chi connectivity index (χ0v) is 17.2. The van der Waals surface area contributed by atoms with E-state index in [-0.39, 0.29) is 0 Å². The van der Waals surface area contributed by atoms with Gasteiger partial charge in [-0.3, -0.25) is 0 Å². The van der Waals surface area contributed by atoms with Gasteiger partial charge in [-0.2, -0.15) is 5.26 Å². The summed E-state index contributed by atoms with van der Waals surface area (Å²) in [6.07, 6.45) is 4.83. The van der Waals surface area contributed by atoms with Crippen molar-refractivity contribution in [1.29, 1.82) is 5.26 Å². The van der Waals surface area contributed by atoms with E-state index >= 15 is 0 Å². The van der Waals surface area contributed by atoms with E-state index < -0.39 is 15.9 Å². The van der Waals surface area contributed by atoms with Crippen molar-refractivity contribution in [1.82, 2.24) is 0 Å². The standard InChI is InChI=1S/C16H25N2Si.F6P/c1-18(13-9-8-12-17,15-19(2,3)4)14-16-10-6-5-7-11-16;1-7(2,3,4,5)6/h5-11H,13-15H2,1-4H3;/q+1;-1/b9-8+;. The molecule has 150 valence electrons. The number of benzene rings is 1. The summed E-state index contributed by atoms with van der Waals surface area (Å²) >= 11 is 0. The Bertz CT molecular complexity index is 636. The number of nitriles is 1. The molecule has 1 unspecified atom stereocenters. The van der Waals surface area contributed by atoms with Crippen LogP contribution < -0.4 is 0 Å². The molecule has 10 heteroatoms. The second-order valence-electron chi connectivity index (χ2n) is 7.65. The van der Waals surface area contributed by atoms with E-state index in [4.69, 9.17) is 5.26 Å². The molecule has 0 amide bonds. The van der Waals surface area contributed by atoms with E-state index in [2.05, 4.69) is 63.1 Å². The van der Waals surface area contributed by atoms with Crippen molar-refractivity contribution in [2.24, 2.45) is 0 Å². The molecule has 1 aromatic rings. The van der Waals surface area contributed by atoms with E-state index in [0.717, 1.165) is 17.6 Å². The maximum absolute atomic E-state index is 10.7. The topological polar surface area (TPSA) is 23.8 Å². The molecular formula is C16H25F6N2PSi. The van der Waals surface area contributed by atoms with Crippen LogP contribution >= 0.6 is 7.81 Å². The van der Waals surface area contributed by atoms with Gasteiger partial charge in [-0.05, 0) is 6.08 Å². The molecule has 0 aromatic heterocycles. The number of hydrogen-bond acceptors (Lipinski definition) is 1. The van der Waals surface area contributed by atoms with Crippen LogP contribution in [0.4, 0.5) is 25.2 Å². The van der Waals surface area contributed by atoms with Gasteiger partial charge in [0, 0.05) is 11.6 Å². The Labute approximate surface area is 151 Å². The molecule has 1 atom stereocenters. The molecule has 0 bridgehead atoms. The van der Waals surface area contributed by atoms with Crippen LogP contribution in [0.3, 0.4) is 0 Å². The monoisotopic (exact) mass is 418 g/mol. The second-order valence-corrected chi connectivity index (χ2v) is 15.0. The van der Waals surface area contributed by atoms with Crippen LogP contribution in [0.15, 0.2) is 42.5 Å². The van der Waals surface area contributed by atoms with Gasteiger partial charge in [0.1, 0.15) is 14.6 Å². The molecule has 0 radical (unpaired) electrons. The summed E-state index contributed by atoms with van der Waals surface area (Å²) in [4.78, 5) is 0. The molecule has 0 fully saturated rings. The van der Waals surface area contributed by atoms with Gasteiger partial charge in [0.2, 0.25) is 0 Å². The fourth-order valence-corrected chi connectivity index (χ4v) is 5.25. The average molecular weight is 418 g/mol. The first-order chi connectivity index (χ1) is 11.3. The molecule has 1 rings (SSSR count). The summed E-state index contributed by atoms with van der Waals surface area (Å²) in [5.41, 5.74) is 1.37. The molecule has 0 aliphatic carbocycles. The Morgan fingerprint density at radius 1 is 1.04 bits per heavy atom. The summed E-state index contributed by atoms with van der Waals surface area (Å²) in [5, 5.41) is 8.65. The third-order valence-corrected chi connectivity index (χ3v) is 4.71. The number of halogens is 6. The normalized spacial score (nSPS) is 17.3. The van der Waals surface area contributed by atoms with Gasteiger partial charge in [0.25, 0.3) is 0 Å². The number of likely N-dealkylation sites (N-methyl/N-ethyl adjacent to an activating group) is 1. The molecule has 0 N–H and O–H groups in total. The maximum atomic E-state index is 9.87. The van der Waals surface area contributed by atoms with Gasteiger partial charge in [0.15, 0.2) is 0 Å². The van der Waals surface area contributed by atoms with Crippen molar-refractivity contribution in [3.8, 4) is 6.07 Å². The first-order valence-electron chi connectivity index (χ1n) is 7.78. The van der Waals surface area contributed by atoms with Crippen LogP contribution in [0.5, 0.6) is 0 Å². The zero-order chi connectivity index (χ0) is 20.8.